The maximum atomic E-state index is 9.93. The van der Waals surface area contributed by atoms with Crippen LogP contribution in [0, 0.1) is 0 Å². The molecule has 0 saturated heterocycles. The summed E-state index contributed by atoms with van der Waals surface area (Å²) < 4.78 is 5.73. The molecule has 2 N–H and O–H groups in total. The topological polar surface area (TPSA) is 44.7 Å². The van der Waals surface area contributed by atoms with E-state index < -0.39 is 0 Å². The predicted octanol–water partition coefficient (Wildman–Crippen LogP) is 1.38. The van der Waals surface area contributed by atoms with Crippen LogP contribution in [0.1, 0.15) is 44.9 Å². The predicted molar refractivity (Wildman–Crippen MR) is 77.4 cm³/mol. The molecule has 2 saturated carbocycles. The molecule has 0 aromatic carbocycles. The van der Waals surface area contributed by atoms with Crippen molar-refractivity contribution in [3.05, 3.63) is 0 Å². The summed E-state index contributed by atoms with van der Waals surface area (Å²) in [5.41, 5.74) is 0.325. The third-order valence-corrected chi connectivity index (χ3v) is 4.89. The van der Waals surface area contributed by atoms with Crippen LogP contribution in [0.5, 0.6) is 0 Å². The third-order valence-electron chi connectivity index (χ3n) is 4.89. The molecule has 112 valence electrons. The van der Waals surface area contributed by atoms with Crippen LogP contribution in [0.3, 0.4) is 0 Å². The SMILES string of the molecule is CN(C)C1(CNCC(O)COC2CCCC2)CCC1. The van der Waals surface area contributed by atoms with Crippen molar-refractivity contribution in [2.75, 3.05) is 33.8 Å². The van der Waals surface area contributed by atoms with Crippen LogP contribution in [-0.2, 0) is 4.74 Å². The van der Waals surface area contributed by atoms with E-state index in [-0.39, 0.29) is 6.10 Å². The molecule has 0 heterocycles. The first-order valence-corrected chi connectivity index (χ1v) is 7.80. The largest absolute Gasteiger partial charge is 0.389 e. The Bertz CT molecular complexity index is 261. The fourth-order valence-electron chi connectivity index (χ4n) is 3.20. The summed E-state index contributed by atoms with van der Waals surface area (Å²) in [4.78, 5) is 2.32. The molecule has 19 heavy (non-hydrogen) atoms. The molecular formula is C15H30N2O2. The average molecular weight is 270 g/mol. The Morgan fingerprint density at radius 3 is 2.47 bits per heavy atom. The lowest BCUT2D eigenvalue weighted by atomic mass is 9.75. The van der Waals surface area contributed by atoms with Gasteiger partial charge in [0.15, 0.2) is 0 Å². The van der Waals surface area contributed by atoms with E-state index in [1.807, 2.05) is 0 Å². The van der Waals surface area contributed by atoms with Crippen LogP contribution in [0.2, 0.25) is 0 Å². The summed E-state index contributed by atoms with van der Waals surface area (Å²) in [5.74, 6) is 0. The van der Waals surface area contributed by atoms with E-state index in [0.29, 0.717) is 24.8 Å². The van der Waals surface area contributed by atoms with Crippen molar-refractivity contribution in [3.8, 4) is 0 Å². The van der Waals surface area contributed by atoms with Crippen LogP contribution < -0.4 is 5.32 Å². The maximum absolute atomic E-state index is 9.93. The highest BCUT2D eigenvalue weighted by molar-refractivity contribution is 4.97. The number of aliphatic hydroxyl groups is 1. The molecule has 2 aliphatic carbocycles. The Morgan fingerprint density at radius 2 is 1.95 bits per heavy atom. The zero-order valence-corrected chi connectivity index (χ0v) is 12.5. The first kappa shape index (κ1) is 15.2. The summed E-state index contributed by atoms with van der Waals surface area (Å²) in [5, 5.41) is 13.3. The Balaban J connectivity index is 1.56. The van der Waals surface area contributed by atoms with Gasteiger partial charge < -0.3 is 20.1 Å². The minimum Gasteiger partial charge on any atom is -0.389 e. The lowest BCUT2D eigenvalue weighted by Gasteiger charge is -2.47. The molecule has 0 aromatic rings. The Morgan fingerprint density at radius 1 is 1.26 bits per heavy atom. The number of aliphatic hydroxyl groups excluding tert-OH is 1. The van der Waals surface area contributed by atoms with E-state index in [1.165, 1.54) is 44.9 Å². The zero-order valence-electron chi connectivity index (χ0n) is 12.5. The highest BCUT2D eigenvalue weighted by Gasteiger charge is 2.38. The average Bonchev–Trinajstić information content (AvgIpc) is 2.82. The Labute approximate surface area is 117 Å². The first-order valence-electron chi connectivity index (χ1n) is 7.80. The number of hydrogen-bond acceptors (Lipinski definition) is 4. The number of nitrogens with one attached hydrogen (secondary N) is 1. The van der Waals surface area contributed by atoms with Gasteiger partial charge >= 0.3 is 0 Å². The summed E-state index contributed by atoms with van der Waals surface area (Å²) in [6.45, 7) is 2.09. The summed E-state index contributed by atoms with van der Waals surface area (Å²) >= 11 is 0. The van der Waals surface area contributed by atoms with E-state index in [1.54, 1.807) is 0 Å². The minimum atomic E-state index is -0.375. The Hall–Kier alpha value is -0.160. The second-order valence-corrected chi connectivity index (χ2v) is 6.50. The van der Waals surface area contributed by atoms with Gasteiger partial charge in [-0.1, -0.05) is 12.8 Å². The van der Waals surface area contributed by atoms with E-state index in [4.69, 9.17) is 4.74 Å². The molecule has 2 rings (SSSR count). The Kier molecular flexibility index (Phi) is 5.63. The smallest absolute Gasteiger partial charge is 0.0897 e. The van der Waals surface area contributed by atoms with Crippen LogP contribution in [0.25, 0.3) is 0 Å². The maximum Gasteiger partial charge on any atom is 0.0897 e. The normalized spacial score (nSPS) is 24.6. The quantitative estimate of drug-likeness (QED) is 0.699. The van der Waals surface area contributed by atoms with Crippen LogP contribution >= 0.6 is 0 Å². The standard InChI is InChI=1S/C15H30N2O2/c1-17(2)15(8-5-9-15)12-16-10-13(18)11-19-14-6-3-4-7-14/h13-14,16,18H,3-12H2,1-2H3. The van der Waals surface area contributed by atoms with Gasteiger partial charge in [-0.3, -0.25) is 0 Å². The lowest BCUT2D eigenvalue weighted by Crippen LogP contribution is -2.57. The van der Waals surface area contributed by atoms with Crippen LogP contribution in [-0.4, -0.2) is 61.5 Å². The van der Waals surface area contributed by atoms with Crippen molar-refractivity contribution in [2.24, 2.45) is 0 Å². The molecule has 0 bridgehead atoms. The molecule has 0 amide bonds. The van der Waals surface area contributed by atoms with Gasteiger partial charge in [-0.05, 0) is 46.2 Å². The molecule has 1 atom stereocenters. The van der Waals surface area contributed by atoms with Gasteiger partial charge in [-0.15, -0.1) is 0 Å². The first-order chi connectivity index (χ1) is 9.12. The molecule has 0 radical (unpaired) electrons. The monoisotopic (exact) mass is 270 g/mol. The summed E-state index contributed by atoms with van der Waals surface area (Å²) in [7, 11) is 4.31. The van der Waals surface area contributed by atoms with Gasteiger partial charge in [-0.2, -0.15) is 0 Å². The van der Waals surface area contributed by atoms with Crippen molar-refractivity contribution in [1.82, 2.24) is 10.2 Å². The van der Waals surface area contributed by atoms with Gasteiger partial charge in [0.05, 0.1) is 18.8 Å². The second-order valence-electron chi connectivity index (χ2n) is 6.50. The van der Waals surface area contributed by atoms with Gasteiger partial charge in [0.25, 0.3) is 0 Å². The molecule has 1 unspecified atom stereocenters. The van der Waals surface area contributed by atoms with Gasteiger partial charge in [0, 0.05) is 18.6 Å². The van der Waals surface area contributed by atoms with Crippen molar-refractivity contribution in [2.45, 2.75) is 62.7 Å². The second kappa shape index (κ2) is 7.02. The van der Waals surface area contributed by atoms with Crippen molar-refractivity contribution < 1.29 is 9.84 Å². The number of nitrogens with zero attached hydrogens (tertiary/aromatic N) is 1. The van der Waals surface area contributed by atoms with Crippen LogP contribution in [0.4, 0.5) is 0 Å². The van der Waals surface area contributed by atoms with Crippen molar-refractivity contribution in [1.29, 1.82) is 0 Å². The highest BCUT2D eigenvalue weighted by atomic mass is 16.5. The van der Waals surface area contributed by atoms with Gasteiger partial charge in [0.2, 0.25) is 0 Å². The van der Waals surface area contributed by atoms with E-state index in [9.17, 15) is 5.11 Å². The number of rotatable bonds is 8. The fraction of sp³-hybridized carbons (Fsp3) is 1.00. The lowest BCUT2D eigenvalue weighted by molar-refractivity contribution is -0.00850. The zero-order chi connectivity index (χ0) is 13.7. The van der Waals surface area contributed by atoms with E-state index in [0.717, 1.165) is 6.54 Å². The van der Waals surface area contributed by atoms with Crippen molar-refractivity contribution >= 4 is 0 Å². The number of likely N-dealkylation sites (N-methyl/N-ethyl adjacent to an activating group) is 1. The third kappa shape index (κ3) is 4.15. The van der Waals surface area contributed by atoms with Gasteiger partial charge in [0.1, 0.15) is 0 Å². The number of ether oxygens (including phenoxy) is 1. The number of hydrogen-bond donors (Lipinski definition) is 2. The van der Waals surface area contributed by atoms with E-state index >= 15 is 0 Å². The van der Waals surface area contributed by atoms with Crippen molar-refractivity contribution in [3.63, 3.8) is 0 Å². The molecule has 0 spiro atoms. The fourth-order valence-corrected chi connectivity index (χ4v) is 3.20. The molecule has 2 fully saturated rings. The minimum absolute atomic E-state index is 0.325. The molecule has 4 nitrogen and oxygen atoms in total. The highest BCUT2D eigenvalue weighted by Crippen LogP contribution is 2.35. The summed E-state index contributed by atoms with van der Waals surface area (Å²) in [6.07, 6.45) is 8.79. The molecule has 0 aliphatic heterocycles. The van der Waals surface area contributed by atoms with Gasteiger partial charge in [-0.25, -0.2) is 0 Å². The molecule has 4 heteroatoms. The molecule has 0 aromatic heterocycles. The van der Waals surface area contributed by atoms with Crippen LogP contribution in [0.15, 0.2) is 0 Å². The van der Waals surface area contributed by atoms with E-state index in [2.05, 4.69) is 24.3 Å². The molecular weight excluding hydrogens is 240 g/mol. The molecule has 2 aliphatic rings. The summed E-state index contributed by atoms with van der Waals surface area (Å²) in [6, 6.07) is 0.